The van der Waals surface area contributed by atoms with Crippen molar-refractivity contribution in [2.75, 3.05) is 7.11 Å². The van der Waals surface area contributed by atoms with E-state index in [-0.39, 0.29) is 23.4 Å². The number of nitro groups is 1. The van der Waals surface area contributed by atoms with E-state index in [1.54, 1.807) is 44.2 Å². The molecule has 1 N–H and O–H groups in total. The first kappa shape index (κ1) is 23.0. The topological polar surface area (TPSA) is 108 Å². The van der Waals surface area contributed by atoms with Gasteiger partial charge in [0.05, 0.1) is 29.1 Å². The molecule has 0 bridgehead atoms. The molecule has 0 amide bonds. The molecule has 2 aromatic rings. The van der Waals surface area contributed by atoms with Crippen molar-refractivity contribution in [1.82, 2.24) is 5.32 Å². The van der Waals surface area contributed by atoms with Crippen molar-refractivity contribution in [2.24, 2.45) is 0 Å². The number of hydrogen-bond acceptors (Lipinski definition) is 7. The molecular formula is C23H21ClN2O6. The Hall–Kier alpha value is -3.65. The number of esters is 2. The van der Waals surface area contributed by atoms with Crippen LogP contribution in [0.1, 0.15) is 30.9 Å². The fraction of sp³-hybridized carbons (Fsp3) is 0.217. The molecule has 0 saturated heterocycles. The lowest BCUT2D eigenvalue weighted by atomic mass is 9.80. The van der Waals surface area contributed by atoms with Crippen LogP contribution < -0.4 is 5.32 Å². The number of hydrogen-bond donors (Lipinski definition) is 1. The molecule has 1 atom stereocenters. The molecule has 9 heteroatoms. The van der Waals surface area contributed by atoms with Gasteiger partial charge in [-0.2, -0.15) is 0 Å². The zero-order chi connectivity index (χ0) is 23.4. The van der Waals surface area contributed by atoms with Crippen molar-refractivity contribution in [2.45, 2.75) is 26.4 Å². The number of carbonyl (C=O) groups excluding carboxylic acids is 2. The summed E-state index contributed by atoms with van der Waals surface area (Å²) in [5, 5.41) is 14.9. The van der Waals surface area contributed by atoms with Crippen molar-refractivity contribution < 1.29 is 24.0 Å². The van der Waals surface area contributed by atoms with E-state index in [0.717, 1.165) is 5.56 Å². The monoisotopic (exact) mass is 456 g/mol. The van der Waals surface area contributed by atoms with Gasteiger partial charge in [-0.3, -0.25) is 10.1 Å². The van der Waals surface area contributed by atoms with Gasteiger partial charge in [-0.25, -0.2) is 9.59 Å². The first-order chi connectivity index (χ1) is 15.2. The first-order valence-electron chi connectivity index (χ1n) is 9.65. The SMILES string of the molecule is COC(=O)C1=C(C)NC(C)=C(C(=O)OCc2ccc(Cl)cc2)C1c1cccc([N+](=O)[O-])c1. The summed E-state index contributed by atoms with van der Waals surface area (Å²) in [5.41, 5.74) is 2.29. The van der Waals surface area contributed by atoms with E-state index in [1.807, 2.05) is 0 Å². The van der Waals surface area contributed by atoms with Crippen LogP contribution in [-0.2, 0) is 25.7 Å². The number of ether oxygens (including phenoxy) is 2. The van der Waals surface area contributed by atoms with E-state index in [9.17, 15) is 19.7 Å². The van der Waals surface area contributed by atoms with Crippen LogP contribution in [0, 0.1) is 10.1 Å². The van der Waals surface area contributed by atoms with Gasteiger partial charge in [0, 0.05) is 28.5 Å². The lowest BCUT2D eigenvalue weighted by molar-refractivity contribution is -0.384. The minimum absolute atomic E-state index is 0.00923. The Morgan fingerprint density at radius 2 is 1.69 bits per heavy atom. The molecule has 8 nitrogen and oxygen atoms in total. The summed E-state index contributed by atoms with van der Waals surface area (Å²) in [6.07, 6.45) is 0. The summed E-state index contributed by atoms with van der Waals surface area (Å²) in [7, 11) is 1.23. The van der Waals surface area contributed by atoms with Crippen LogP contribution in [0.5, 0.6) is 0 Å². The molecule has 3 rings (SSSR count). The summed E-state index contributed by atoms with van der Waals surface area (Å²) in [4.78, 5) is 36.6. The van der Waals surface area contributed by atoms with Gasteiger partial charge in [-0.15, -0.1) is 0 Å². The number of methoxy groups -OCH3 is 1. The summed E-state index contributed by atoms with van der Waals surface area (Å²) < 4.78 is 10.5. The number of carbonyl (C=O) groups is 2. The zero-order valence-electron chi connectivity index (χ0n) is 17.7. The Morgan fingerprint density at radius 3 is 2.28 bits per heavy atom. The van der Waals surface area contributed by atoms with E-state index >= 15 is 0 Å². The van der Waals surface area contributed by atoms with Crippen LogP contribution in [0.25, 0.3) is 0 Å². The van der Waals surface area contributed by atoms with E-state index in [1.165, 1.54) is 25.3 Å². The number of non-ortho nitro benzene ring substituents is 1. The fourth-order valence-corrected chi connectivity index (χ4v) is 3.73. The van der Waals surface area contributed by atoms with Crippen molar-refractivity contribution in [3.8, 4) is 0 Å². The molecule has 0 aromatic heterocycles. The number of nitrogens with zero attached hydrogens (tertiary/aromatic N) is 1. The molecule has 0 fully saturated rings. The zero-order valence-corrected chi connectivity index (χ0v) is 18.4. The van der Waals surface area contributed by atoms with Crippen LogP contribution >= 0.6 is 11.6 Å². The number of allylic oxidation sites excluding steroid dienone is 2. The van der Waals surface area contributed by atoms with E-state index in [0.29, 0.717) is 22.0 Å². The number of benzene rings is 2. The van der Waals surface area contributed by atoms with Gasteiger partial charge in [0.25, 0.3) is 5.69 Å². The quantitative estimate of drug-likeness (QED) is 0.390. The maximum atomic E-state index is 13.2. The minimum atomic E-state index is -0.902. The third-order valence-electron chi connectivity index (χ3n) is 5.08. The molecular weight excluding hydrogens is 436 g/mol. The Labute approximate surface area is 189 Å². The van der Waals surface area contributed by atoms with Crippen LogP contribution in [0.3, 0.4) is 0 Å². The second-order valence-electron chi connectivity index (χ2n) is 7.18. The third kappa shape index (κ3) is 4.81. The largest absolute Gasteiger partial charge is 0.466 e. The summed E-state index contributed by atoms with van der Waals surface area (Å²) >= 11 is 5.89. The van der Waals surface area contributed by atoms with Crippen LogP contribution in [-0.4, -0.2) is 24.0 Å². The molecule has 0 saturated carbocycles. The second kappa shape index (κ2) is 9.65. The highest BCUT2D eigenvalue weighted by Crippen LogP contribution is 2.40. The van der Waals surface area contributed by atoms with Gasteiger partial charge in [-0.1, -0.05) is 35.9 Å². The normalized spacial score (nSPS) is 15.8. The number of rotatable bonds is 6. The van der Waals surface area contributed by atoms with Crippen molar-refractivity contribution >= 4 is 29.2 Å². The molecule has 0 spiro atoms. The van der Waals surface area contributed by atoms with Gasteiger partial charge in [0.1, 0.15) is 6.61 Å². The van der Waals surface area contributed by atoms with Crippen LogP contribution in [0.2, 0.25) is 5.02 Å². The van der Waals surface area contributed by atoms with E-state index < -0.39 is 22.8 Å². The summed E-state index contributed by atoms with van der Waals surface area (Å²) in [6.45, 7) is 3.35. The standard InChI is InChI=1S/C23H21ClN2O6/c1-13-19(22(27)31-3)21(16-5-4-6-18(11-16)26(29)30)20(14(2)25-13)23(28)32-12-15-7-9-17(24)10-8-15/h4-11,21,25H,12H2,1-3H3. The number of dihydropyridines is 1. The van der Waals surface area contributed by atoms with E-state index in [2.05, 4.69) is 5.32 Å². The lowest BCUT2D eigenvalue weighted by Crippen LogP contribution is -2.32. The van der Waals surface area contributed by atoms with Crippen molar-refractivity contribution in [1.29, 1.82) is 0 Å². The predicted octanol–water partition coefficient (Wildman–Crippen LogP) is 4.40. The molecule has 1 aliphatic rings. The van der Waals surface area contributed by atoms with Gasteiger partial charge < -0.3 is 14.8 Å². The minimum Gasteiger partial charge on any atom is -0.466 e. The number of nitro benzene ring substituents is 1. The van der Waals surface area contributed by atoms with Crippen LogP contribution in [0.4, 0.5) is 5.69 Å². The molecule has 2 aromatic carbocycles. The highest BCUT2D eigenvalue weighted by molar-refractivity contribution is 6.30. The van der Waals surface area contributed by atoms with Crippen molar-refractivity contribution in [3.63, 3.8) is 0 Å². The molecule has 0 aliphatic carbocycles. The maximum absolute atomic E-state index is 13.2. The Balaban J connectivity index is 2.03. The molecule has 1 aliphatic heterocycles. The summed E-state index contributed by atoms with van der Waals surface area (Å²) in [6, 6.07) is 12.6. The highest BCUT2D eigenvalue weighted by atomic mass is 35.5. The first-order valence-corrected chi connectivity index (χ1v) is 10.0. The Kier molecular flexibility index (Phi) is 6.95. The van der Waals surface area contributed by atoms with Gasteiger partial charge in [0.15, 0.2) is 0 Å². The van der Waals surface area contributed by atoms with E-state index in [4.69, 9.17) is 21.1 Å². The van der Waals surface area contributed by atoms with Gasteiger partial charge in [0.2, 0.25) is 0 Å². The fourth-order valence-electron chi connectivity index (χ4n) is 3.60. The third-order valence-corrected chi connectivity index (χ3v) is 5.34. The Morgan fingerprint density at radius 1 is 1.06 bits per heavy atom. The molecule has 0 radical (unpaired) electrons. The molecule has 32 heavy (non-hydrogen) atoms. The predicted molar refractivity (Wildman–Crippen MR) is 118 cm³/mol. The summed E-state index contributed by atoms with van der Waals surface area (Å²) in [5.74, 6) is -2.21. The molecule has 1 heterocycles. The average molecular weight is 457 g/mol. The lowest BCUT2D eigenvalue weighted by Gasteiger charge is -2.30. The maximum Gasteiger partial charge on any atom is 0.337 e. The van der Waals surface area contributed by atoms with Gasteiger partial charge in [-0.05, 0) is 37.1 Å². The van der Waals surface area contributed by atoms with Crippen molar-refractivity contribution in [3.05, 3.63) is 97.3 Å². The molecule has 1 unspecified atom stereocenters. The highest BCUT2D eigenvalue weighted by Gasteiger charge is 2.38. The second-order valence-corrected chi connectivity index (χ2v) is 7.62. The number of nitrogens with one attached hydrogen (secondary N) is 1. The van der Waals surface area contributed by atoms with Gasteiger partial charge >= 0.3 is 11.9 Å². The smallest absolute Gasteiger partial charge is 0.337 e. The van der Waals surface area contributed by atoms with Crippen LogP contribution in [0.15, 0.2) is 71.1 Å². The number of halogens is 1. The molecule has 166 valence electrons. The average Bonchev–Trinajstić information content (AvgIpc) is 2.77. The Bertz CT molecular complexity index is 1140.